The molecule has 0 saturated heterocycles. The molecule has 166 valence electrons. The maximum atomic E-state index is 2.51. The van der Waals surface area contributed by atoms with Crippen molar-refractivity contribution in [1.82, 2.24) is 9.13 Å². The Kier molecular flexibility index (Phi) is 3.50. The number of aromatic nitrogens is 2. The van der Waals surface area contributed by atoms with Crippen molar-refractivity contribution in [2.24, 2.45) is 0 Å². The van der Waals surface area contributed by atoms with Crippen molar-refractivity contribution in [3.8, 4) is 11.4 Å². The Hall–Kier alpha value is -4.30. The van der Waals surface area contributed by atoms with E-state index in [9.17, 15) is 0 Å². The third-order valence-corrected chi connectivity index (χ3v) is 8.05. The average Bonchev–Trinajstić information content (AvgIpc) is 3.40. The van der Waals surface area contributed by atoms with E-state index in [1.54, 1.807) is 0 Å². The number of hydrogen-bond acceptors (Lipinski definition) is 0. The highest BCUT2D eigenvalue weighted by Gasteiger charge is 2.37. The van der Waals surface area contributed by atoms with Crippen LogP contribution in [-0.2, 0) is 5.41 Å². The predicted molar refractivity (Wildman–Crippen MR) is 147 cm³/mol. The lowest BCUT2D eigenvalue weighted by Crippen LogP contribution is -2.26. The van der Waals surface area contributed by atoms with Crippen molar-refractivity contribution < 1.29 is 0 Å². The highest BCUT2D eigenvalue weighted by atomic mass is 15.0. The monoisotopic (exact) mass is 448 g/mol. The van der Waals surface area contributed by atoms with Gasteiger partial charge in [0, 0.05) is 32.6 Å². The van der Waals surface area contributed by atoms with E-state index >= 15 is 0 Å². The summed E-state index contributed by atoms with van der Waals surface area (Å²) < 4.78 is 4.96. The Balaban J connectivity index is 1.72. The summed E-state index contributed by atoms with van der Waals surface area (Å²) in [5.41, 5.74) is 10.3. The molecule has 0 saturated carbocycles. The Labute approximate surface area is 203 Å². The zero-order chi connectivity index (χ0) is 23.3. The molecular formula is C33H24N2. The van der Waals surface area contributed by atoms with Gasteiger partial charge in [-0.3, -0.25) is 0 Å². The number of fused-ring (bicyclic) bond motifs is 9. The molecule has 2 aromatic heterocycles. The van der Waals surface area contributed by atoms with Gasteiger partial charge in [-0.15, -0.1) is 0 Å². The molecule has 1 aliphatic heterocycles. The molecule has 2 heteroatoms. The summed E-state index contributed by atoms with van der Waals surface area (Å²) in [6.45, 7) is 4.80. The summed E-state index contributed by atoms with van der Waals surface area (Å²) >= 11 is 0. The number of rotatable bonds is 1. The topological polar surface area (TPSA) is 9.86 Å². The molecule has 0 amide bonds. The lowest BCUT2D eigenvalue weighted by Gasteiger charge is -2.35. The Morgan fingerprint density at radius 2 is 1.17 bits per heavy atom. The van der Waals surface area contributed by atoms with Crippen LogP contribution in [0.3, 0.4) is 0 Å². The molecule has 2 nitrogen and oxygen atoms in total. The first kappa shape index (κ1) is 19.1. The minimum atomic E-state index is -0.148. The van der Waals surface area contributed by atoms with Crippen LogP contribution in [0.25, 0.3) is 55.0 Å². The van der Waals surface area contributed by atoms with Crippen molar-refractivity contribution in [2.75, 3.05) is 0 Å². The van der Waals surface area contributed by atoms with Crippen LogP contribution in [0.15, 0.2) is 109 Å². The van der Waals surface area contributed by atoms with Gasteiger partial charge in [0.15, 0.2) is 0 Å². The molecule has 0 radical (unpaired) electrons. The lowest BCUT2D eigenvalue weighted by molar-refractivity contribution is 0.636. The number of benzene rings is 5. The van der Waals surface area contributed by atoms with E-state index < -0.39 is 0 Å². The smallest absolute Gasteiger partial charge is 0.0589 e. The second-order valence-electron chi connectivity index (χ2n) is 10.2. The molecule has 1 aliphatic rings. The van der Waals surface area contributed by atoms with Gasteiger partial charge in [0.25, 0.3) is 0 Å². The summed E-state index contributed by atoms with van der Waals surface area (Å²) in [6.07, 6.45) is 0. The second-order valence-corrected chi connectivity index (χ2v) is 10.2. The molecule has 7 aromatic rings. The van der Waals surface area contributed by atoms with Gasteiger partial charge in [-0.1, -0.05) is 86.6 Å². The van der Waals surface area contributed by atoms with Crippen LogP contribution in [-0.4, -0.2) is 9.13 Å². The van der Waals surface area contributed by atoms with Crippen molar-refractivity contribution in [2.45, 2.75) is 19.3 Å². The van der Waals surface area contributed by atoms with E-state index in [0.717, 1.165) is 0 Å². The largest absolute Gasteiger partial charge is 0.309 e. The first-order valence-corrected chi connectivity index (χ1v) is 12.3. The van der Waals surface area contributed by atoms with Crippen LogP contribution in [0.2, 0.25) is 0 Å². The van der Waals surface area contributed by atoms with E-state index in [0.29, 0.717) is 0 Å². The van der Waals surface area contributed by atoms with Crippen molar-refractivity contribution in [3.63, 3.8) is 0 Å². The highest BCUT2D eigenvalue weighted by Crippen LogP contribution is 2.52. The normalized spacial score (nSPS) is 14.2. The fourth-order valence-corrected chi connectivity index (χ4v) is 6.62. The quantitative estimate of drug-likeness (QED) is 0.238. The Morgan fingerprint density at radius 1 is 0.543 bits per heavy atom. The van der Waals surface area contributed by atoms with Gasteiger partial charge < -0.3 is 9.13 Å². The van der Waals surface area contributed by atoms with Gasteiger partial charge in [-0.25, -0.2) is 0 Å². The number of nitrogens with zero attached hydrogens (tertiary/aromatic N) is 2. The second kappa shape index (κ2) is 6.43. The Morgan fingerprint density at radius 3 is 1.97 bits per heavy atom. The van der Waals surface area contributed by atoms with E-state index in [1.165, 1.54) is 66.1 Å². The SMILES string of the molecule is CC1(C)c2ccccc2-n2c3ccccc3c3cc4c(c1c32)c1ccccc1n4-c1ccccc1. The summed E-state index contributed by atoms with van der Waals surface area (Å²) in [7, 11) is 0. The molecule has 3 heterocycles. The van der Waals surface area contributed by atoms with Crippen LogP contribution in [0, 0.1) is 0 Å². The van der Waals surface area contributed by atoms with Crippen molar-refractivity contribution in [3.05, 3.63) is 120 Å². The van der Waals surface area contributed by atoms with Crippen LogP contribution in [0.1, 0.15) is 25.0 Å². The molecule has 0 bridgehead atoms. The lowest BCUT2D eigenvalue weighted by atomic mass is 9.73. The summed E-state index contributed by atoms with van der Waals surface area (Å²) in [6, 6.07) is 39.9. The fraction of sp³-hybridized carbons (Fsp3) is 0.0909. The molecular weight excluding hydrogens is 424 g/mol. The van der Waals surface area contributed by atoms with Crippen LogP contribution in [0.4, 0.5) is 0 Å². The summed E-state index contributed by atoms with van der Waals surface area (Å²) in [5, 5.41) is 5.31. The molecule has 0 N–H and O–H groups in total. The fourth-order valence-electron chi connectivity index (χ4n) is 6.62. The van der Waals surface area contributed by atoms with E-state index in [2.05, 4.69) is 132 Å². The maximum Gasteiger partial charge on any atom is 0.0589 e. The van der Waals surface area contributed by atoms with E-state index in [4.69, 9.17) is 0 Å². The highest BCUT2D eigenvalue weighted by molar-refractivity contribution is 6.22. The first-order chi connectivity index (χ1) is 17.2. The molecule has 5 aromatic carbocycles. The minimum absolute atomic E-state index is 0.148. The van der Waals surface area contributed by atoms with Gasteiger partial charge in [-0.2, -0.15) is 0 Å². The van der Waals surface area contributed by atoms with Gasteiger partial charge in [0.2, 0.25) is 0 Å². The zero-order valence-electron chi connectivity index (χ0n) is 19.8. The van der Waals surface area contributed by atoms with E-state index in [1.807, 2.05) is 0 Å². The Bertz CT molecular complexity index is 1970. The third kappa shape index (κ3) is 2.25. The first-order valence-electron chi connectivity index (χ1n) is 12.3. The number of para-hydroxylation sites is 4. The van der Waals surface area contributed by atoms with Crippen molar-refractivity contribution >= 4 is 43.6 Å². The third-order valence-electron chi connectivity index (χ3n) is 8.05. The standard InChI is InChI=1S/C33H24N2/c1-33(2)25-16-8-11-19-28(25)35-26-17-9-6-14-22(26)24-20-29-30(31(33)32(24)35)23-15-7-10-18-27(23)34(29)21-12-4-3-5-13-21/h3-20H,1-2H3. The molecule has 35 heavy (non-hydrogen) atoms. The molecule has 0 unspecified atom stereocenters. The summed E-state index contributed by atoms with van der Waals surface area (Å²) in [4.78, 5) is 0. The maximum absolute atomic E-state index is 2.51. The number of hydrogen-bond donors (Lipinski definition) is 0. The van der Waals surface area contributed by atoms with Gasteiger partial charge in [-0.05, 0) is 47.5 Å². The van der Waals surface area contributed by atoms with E-state index in [-0.39, 0.29) is 5.41 Å². The van der Waals surface area contributed by atoms with Crippen LogP contribution >= 0.6 is 0 Å². The molecule has 0 aliphatic carbocycles. The van der Waals surface area contributed by atoms with Gasteiger partial charge >= 0.3 is 0 Å². The van der Waals surface area contributed by atoms with Crippen molar-refractivity contribution in [1.29, 1.82) is 0 Å². The minimum Gasteiger partial charge on any atom is -0.309 e. The average molecular weight is 449 g/mol. The summed E-state index contributed by atoms with van der Waals surface area (Å²) in [5.74, 6) is 0. The zero-order valence-corrected chi connectivity index (χ0v) is 19.8. The molecule has 0 atom stereocenters. The van der Waals surface area contributed by atoms with Crippen LogP contribution in [0.5, 0.6) is 0 Å². The van der Waals surface area contributed by atoms with Crippen LogP contribution < -0.4 is 0 Å². The molecule has 8 rings (SSSR count). The molecule has 0 spiro atoms. The van der Waals surface area contributed by atoms with Gasteiger partial charge in [0.05, 0.1) is 27.8 Å². The van der Waals surface area contributed by atoms with Gasteiger partial charge in [0.1, 0.15) is 0 Å². The molecule has 0 fully saturated rings. The predicted octanol–water partition coefficient (Wildman–Crippen LogP) is 8.52.